The highest BCUT2D eigenvalue weighted by Gasteiger charge is 2.20. The second kappa shape index (κ2) is 4.30. The van der Waals surface area contributed by atoms with Crippen molar-refractivity contribution < 1.29 is 9.84 Å². The summed E-state index contributed by atoms with van der Waals surface area (Å²) in [6.45, 7) is 0.841. The first-order valence-electron chi connectivity index (χ1n) is 4.82. The van der Waals surface area contributed by atoms with Gasteiger partial charge in [0.1, 0.15) is 0 Å². The number of halogens is 1. The molecule has 1 atom stereocenters. The predicted octanol–water partition coefficient (Wildman–Crippen LogP) is 2.68. The number of rotatable bonds is 2. The Bertz CT molecular complexity index is 319. The van der Waals surface area contributed by atoms with E-state index in [0.717, 1.165) is 30.6 Å². The molecule has 1 N–H and O–H groups in total. The highest BCUT2D eigenvalue weighted by atomic mass is 35.5. The number of hydrogen-bond acceptors (Lipinski definition) is 2. The Balaban J connectivity index is 2.31. The summed E-state index contributed by atoms with van der Waals surface area (Å²) in [5, 5.41) is 9.85. The Morgan fingerprint density at radius 1 is 1.50 bits per heavy atom. The van der Waals surface area contributed by atoms with Crippen LogP contribution in [-0.2, 0) is 11.3 Å². The van der Waals surface area contributed by atoms with Gasteiger partial charge in [0.15, 0.2) is 0 Å². The van der Waals surface area contributed by atoms with Crippen LogP contribution in [0.2, 0.25) is 5.02 Å². The largest absolute Gasteiger partial charge is 0.392 e. The van der Waals surface area contributed by atoms with E-state index in [1.54, 1.807) is 6.07 Å². The Morgan fingerprint density at radius 3 is 3.00 bits per heavy atom. The molecule has 76 valence electrons. The first-order chi connectivity index (χ1) is 6.81. The zero-order valence-electron chi connectivity index (χ0n) is 7.87. The van der Waals surface area contributed by atoms with Crippen LogP contribution in [-0.4, -0.2) is 11.7 Å². The van der Waals surface area contributed by atoms with Gasteiger partial charge < -0.3 is 9.84 Å². The van der Waals surface area contributed by atoms with Crippen LogP contribution in [0.5, 0.6) is 0 Å². The van der Waals surface area contributed by atoms with Gasteiger partial charge in [-0.25, -0.2) is 0 Å². The van der Waals surface area contributed by atoms with Crippen molar-refractivity contribution in [2.24, 2.45) is 0 Å². The molecule has 3 heteroatoms. The van der Waals surface area contributed by atoms with Crippen molar-refractivity contribution in [2.45, 2.75) is 25.6 Å². The van der Waals surface area contributed by atoms with Gasteiger partial charge in [-0.1, -0.05) is 17.7 Å². The van der Waals surface area contributed by atoms with Crippen LogP contribution in [0.25, 0.3) is 0 Å². The molecule has 1 heterocycles. The van der Waals surface area contributed by atoms with E-state index >= 15 is 0 Å². The molecule has 1 aromatic carbocycles. The van der Waals surface area contributed by atoms with Crippen molar-refractivity contribution in [3.8, 4) is 0 Å². The SMILES string of the molecule is OCc1cc(Cl)ccc1C1CCCO1. The molecule has 0 bridgehead atoms. The molecule has 1 aromatic rings. The second-order valence-electron chi connectivity index (χ2n) is 3.50. The minimum atomic E-state index is 0.0236. The van der Waals surface area contributed by atoms with Crippen LogP contribution in [0.4, 0.5) is 0 Å². The molecule has 2 nitrogen and oxygen atoms in total. The van der Waals surface area contributed by atoms with Crippen LogP contribution < -0.4 is 0 Å². The summed E-state index contributed by atoms with van der Waals surface area (Å²) in [7, 11) is 0. The molecule has 1 unspecified atom stereocenters. The van der Waals surface area contributed by atoms with E-state index in [9.17, 15) is 5.11 Å². The summed E-state index contributed by atoms with van der Waals surface area (Å²) in [5.41, 5.74) is 1.96. The standard InChI is InChI=1S/C11H13ClO2/c12-9-3-4-10(8(6-9)7-13)11-2-1-5-14-11/h3-4,6,11,13H,1-2,5,7H2. The Hall–Kier alpha value is -0.570. The molecule has 0 saturated carbocycles. The molecule has 1 fully saturated rings. The highest BCUT2D eigenvalue weighted by Crippen LogP contribution is 2.32. The molecular weight excluding hydrogens is 200 g/mol. The van der Waals surface area contributed by atoms with Crippen LogP contribution in [0.3, 0.4) is 0 Å². The number of hydrogen-bond donors (Lipinski definition) is 1. The average Bonchev–Trinajstić information content (AvgIpc) is 2.70. The third-order valence-corrected chi connectivity index (χ3v) is 2.79. The molecule has 1 aliphatic heterocycles. The van der Waals surface area contributed by atoms with Gasteiger partial charge >= 0.3 is 0 Å². The summed E-state index contributed by atoms with van der Waals surface area (Å²) in [5.74, 6) is 0. The lowest BCUT2D eigenvalue weighted by Crippen LogP contribution is -2.01. The number of benzene rings is 1. The molecule has 0 aromatic heterocycles. The van der Waals surface area contributed by atoms with Gasteiger partial charge in [-0.3, -0.25) is 0 Å². The topological polar surface area (TPSA) is 29.5 Å². The number of aliphatic hydroxyl groups is 1. The van der Waals surface area contributed by atoms with Crippen LogP contribution in [0, 0.1) is 0 Å². The zero-order chi connectivity index (χ0) is 9.97. The van der Waals surface area contributed by atoms with Crippen molar-refractivity contribution in [3.63, 3.8) is 0 Å². The van der Waals surface area contributed by atoms with Crippen molar-refractivity contribution in [3.05, 3.63) is 34.3 Å². The Morgan fingerprint density at radius 2 is 2.36 bits per heavy atom. The third kappa shape index (κ3) is 1.92. The molecule has 14 heavy (non-hydrogen) atoms. The maximum Gasteiger partial charge on any atom is 0.0829 e. The lowest BCUT2D eigenvalue weighted by atomic mass is 10.0. The molecular formula is C11H13ClO2. The van der Waals surface area contributed by atoms with Crippen molar-refractivity contribution in [1.82, 2.24) is 0 Å². The van der Waals surface area contributed by atoms with Crippen LogP contribution in [0.1, 0.15) is 30.1 Å². The summed E-state index contributed by atoms with van der Waals surface area (Å²) in [6, 6.07) is 5.60. The van der Waals surface area contributed by atoms with Gasteiger partial charge in [-0.15, -0.1) is 0 Å². The van der Waals surface area contributed by atoms with Gasteiger partial charge in [0, 0.05) is 11.6 Å². The van der Waals surface area contributed by atoms with E-state index in [-0.39, 0.29) is 12.7 Å². The van der Waals surface area contributed by atoms with E-state index < -0.39 is 0 Å². The Labute approximate surface area is 88.5 Å². The summed E-state index contributed by atoms with van der Waals surface area (Å²) < 4.78 is 5.57. The van der Waals surface area contributed by atoms with Crippen molar-refractivity contribution in [2.75, 3.05) is 6.61 Å². The molecule has 2 rings (SSSR count). The van der Waals surface area contributed by atoms with E-state index in [4.69, 9.17) is 16.3 Å². The highest BCUT2D eigenvalue weighted by molar-refractivity contribution is 6.30. The fourth-order valence-electron chi connectivity index (χ4n) is 1.85. The van der Waals surface area contributed by atoms with E-state index in [0.29, 0.717) is 5.02 Å². The van der Waals surface area contributed by atoms with Gasteiger partial charge in [-0.2, -0.15) is 0 Å². The average molecular weight is 213 g/mol. The molecule has 0 amide bonds. The van der Waals surface area contributed by atoms with Gasteiger partial charge in [0.05, 0.1) is 12.7 Å². The fourth-order valence-corrected chi connectivity index (χ4v) is 2.04. The maximum atomic E-state index is 9.19. The normalized spacial score (nSPS) is 21.4. The van der Waals surface area contributed by atoms with Crippen molar-refractivity contribution in [1.29, 1.82) is 0 Å². The van der Waals surface area contributed by atoms with Crippen LogP contribution in [0.15, 0.2) is 18.2 Å². The third-order valence-electron chi connectivity index (χ3n) is 2.55. The first kappa shape index (κ1) is 9.97. The number of aliphatic hydroxyl groups excluding tert-OH is 1. The first-order valence-corrected chi connectivity index (χ1v) is 5.20. The molecule has 0 aliphatic carbocycles. The van der Waals surface area contributed by atoms with E-state index in [2.05, 4.69) is 0 Å². The predicted molar refractivity (Wildman–Crippen MR) is 55.3 cm³/mol. The molecule has 1 aliphatic rings. The van der Waals surface area contributed by atoms with Crippen LogP contribution >= 0.6 is 11.6 Å². The monoisotopic (exact) mass is 212 g/mol. The fraction of sp³-hybridized carbons (Fsp3) is 0.455. The second-order valence-corrected chi connectivity index (χ2v) is 3.94. The van der Waals surface area contributed by atoms with Crippen molar-refractivity contribution >= 4 is 11.6 Å². The Kier molecular flexibility index (Phi) is 3.06. The molecule has 0 spiro atoms. The lowest BCUT2D eigenvalue weighted by molar-refractivity contribution is 0.110. The van der Waals surface area contributed by atoms with Gasteiger partial charge in [0.25, 0.3) is 0 Å². The quantitative estimate of drug-likeness (QED) is 0.817. The maximum absolute atomic E-state index is 9.19. The van der Waals surface area contributed by atoms with Gasteiger partial charge in [-0.05, 0) is 36.1 Å². The summed E-state index contributed by atoms with van der Waals surface area (Å²) in [6.07, 6.45) is 2.28. The summed E-state index contributed by atoms with van der Waals surface area (Å²) >= 11 is 5.85. The molecule has 0 radical (unpaired) electrons. The lowest BCUT2D eigenvalue weighted by Gasteiger charge is -2.13. The zero-order valence-corrected chi connectivity index (χ0v) is 8.63. The minimum Gasteiger partial charge on any atom is -0.392 e. The van der Waals surface area contributed by atoms with Gasteiger partial charge in [0.2, 0.25) is 0 Å². The van der Waals surface area contributed by atoms with E-state index in [1.165, 1.54) is 0 Å². The minimum absolute atomic E-state index is 0.0236. The smallest absolute Gasteiger partial charge is 0.0829 e. The summed E-state index contributed by atoms with van der Waals surface area (Å²) in [4.78, 5) is 0. The number of ether oxygens (including phenoxy) is 1. The molecule has 1 saturated heterocycles. The van der Waals surface area contributed by atoms with E-state index in [1.807, 2.05) is 12.1 Å².